The minimum Gasteiger partial charge on any atom is -0.181 e. The Labute approximate surface area is 98.3 Å². The zero-order valence-corrected chi connectivity index (χ0v) is 10.3. The molecule has 0 spiro atoms. The predicted octanol–water partition coefficient (Wildman–Crippen LogP) is 3.46. The molecule has 0 aliphatic rings. The Morgan fingerprint density at radius 3 is 2.29 bits per heavy atom. The summed E-state index contributed by atoms with van der Waals surface area (Å²) in [6.45, 7) is 2.06. The summed E-state index contributed by atoms with van der Waals surface area (Å²) >= 11 is 0. The standard InChI is InChI=1S/C13H11.Ir/c1-11-6-5-9-13(10-11)12-7-3-2-4-8-12;/h2-5,7-10H,1H3;/q-1;. The van der Waals surface area contributed by atoms with Gasteiger partial charge < -0.3 is 0 Å². The minimum absolute atomic E-state index is 0. The molecule has 0 saturated heterocycles. The number of hydrogen-bond donors (Lipinski definition) is 0. The Balaban J connectivity index is 0.000000980. The fourth-order valence-corrected chi connectivity index (χ4v) is 1.40. The molecule has 0 aliphatic heterocycles. The van der Waals surface area contributed by atoms with Gasteiger partial charge in [0.1, 0.15) is 0 Å². The van der Waals surface area contributed by atoms with Gasteiger partial charge in [-0.2, -0.15) is 29.8 Å². The second-order valence-electron chi connectivity index (χ2n) is 3.13. The molecule has 0 unspecified atom stereocenters. The normalized spacial score (nSPS) is 9.21. The average molecular weight is 359 g/mol. The largest absolute Gasteiger partial charge is 0.181 e. The van der Waals surface area contributed by atoms with Gasteiger partial charge in [-0.05, 0) is 5.56 Å². The maximum atomic E-state index is 3.14. The molecule has 2 aromatic carbocycles. The summed E-state index contributed by atoms with van der Waals surface area (Å²) in [6, 6.07) is 19.7. The van der Waals surface area contributed by atoms with Crippen molar-refractivity contribution >= 4 is 0 Å². The molecule has 1 radical (unpaired) electrons. The third-order valence-electron chi connectivity index (χ3n) is 2.05. The van der Waals surface area contributed by atoms with Crippen molar-refractivity contribution in [1.82, 2.24) is 0 Å². The van der Waals surface area contributed by atoms with Gasteiger partial charge in [0.25, 0.3) is 0 Å². The first-order chi connectivity index (χ1) is 6.36. The molecule has 14 heavy (non-hydrogen) atoms. The van der Waals surface area contributed by atoms with Gasteiger partial charge in [-0.25, -0.2) is 0 Å². The van der Waals surface area contributed by atoms with Crippen LogP contribution in [-0.2, 0) is 20.1 Å². The van der Waals surface area contributed by atoms with E-state index in [1.54, 1.807) is 0 Å². The first-order valence-corrected chi connectivity index (χ1v) is 4.40. The van der Waals surface area contributed by atoms with E-state index in [9.17, 15) is 0 Å². The van der Waals surface area contributed by atoms with Crippen LogP contribution in [0.3, 0.4) is 0 Å². The zero-order valence-electron chi connectivity index (χ0n) is 7.95. The van der Waals surface area contributed by atoms with E-state index in [0.717, 1.165) is 0 Å². The summed E-state index contributed by atoms with van der Waals surface area (Å²) in [5.74, 6) is 0. The van der Waals surface area contributed by atoms with Crippen LogP contribution in [0.25, 0.3) is 11.1 Å². The Morgan fingerprint density at radius 2 is 1.64 bits per heavy atom. The molecule has 0 aromatic heterocycles. The van der Waals surface area contributed by atoms with E-state index >= 15 is 0 Å². The van der Waals surface area contributed by atoms with E-state index in [1.165, 1.54) is 16.7 Å². The van der Waals surface area contributed by atoms with Gasteiger partial charge in [-0.3, -0.25) is 0 Å². The number of rotatable bonds is 1. The van der Waals surface area contributed by atoms with Crippen LogP contribution in [0.4, 0.5) is 0 Å². The monoisotopic (exact) mass is 360 g/mol. The van der Waals surface area contributed by atoms with Crippen LogP contribution in [0, 0.1) is 13.0 Å². The van der Waals surface area contributed by atoms with Crippen molar-refractivity contribution in [3.05, 3.63) is 60.2 Å². The van der Waals surface area contributed by atoms with Gasteiger partial charge in [0, 0.05) is 20.1 Å². The van der Waals surface area contributed by atoms with Gasteiger partial charge in [0.2, 0.25) is 0 Å². The first kappa shape index (κ1) is 11.2. The topological polar surface area (TPSA) is 0 Å². The summed E-state index contributed by atoms with van der Waals surface area (Å²) in [5, 5.41) is 0. The van der Waals surface area contributed by atoms with Gasteiger partial charge >= 0.3 is 0 Å². The fraction of sp³-hybridized carbons (Fsp3) is 0.0769. The molecule has 0 N–H and O–H groups in total. The molecule has 0 bridgehead atoms. The molecule has 1 heteroatoms. The maximum Gasteiger partial charge on any atom is 0 e. The van der Waals surface area contributed by atoms with Crippen LogP contribution in [0.15, 0.2) is 48.5 Å². The summed E-state index contributed by atoms with van der Waals surface area (Å²) in [6.07, 6.45) is 0. The van der Waals surface area contributed by atoms with E-state index in [-0.39, 0.29) is 20.1 Å². The Morgan fingerprint density at radius 1 is 0.929 bits per heavy atom. The van der Waals surface area contributed by atoms with Crippen molar-refractivity contribution < 1.29 is 20.1 Å². The quantitative estimate of drug-likeness (QED) is 0.684. The molecule has 0 heterocycles. The minimum atomic E-state index is 0. The van der Waals surface area contributed by atoms with Crippen molar-refractivity contribution in [2.24, 2.45) is 0 Å². The molecule has 2 aromatic rings. The molecule has 2 rings (SSSR count). The summed E-state index contributed by atoms with van der Waals surface area (Å²) in [7, 11) is 0. The van der Waals surface area contributed by atoms with Crippen molar-refractivity contribution in [3.63, 3.8) is 0 Å². The molecule has 0 nitrogen and oxygen atoms in total. The van der Waals surface area contributed by atoms with Gasteiger partial charge in [-0.15, -0.1) is 5.56 Å². The van der Waals surface area contributed by atoms with Crippen LogP contribution in [0.5, 0.6) is 0 Å². The number of aryl methyl sites for hydroxylation is 1. The molecule has 0 aliphatic carbocycles. The van der Waals surface area contributed by atoms with Gasteiger partial charge in [0.05, 0.1) is 0 Å². The fourth-order valence-electron chi connectivity index (χ4n) is 1.40. The molecule has 0 atom stereocenters. The third-order valence-corrected chi connectivity index (χ3v) is 2.05. The van der Waals surface area contributed by atoms with Crippen molar-refractivity contribution in [2.45, 2.75) is 6.92 Å². The smallest absolute Gasteiger partial charge is 0 e. The summed E-state index contributed by atoms with van der Waals surface area (Å²) in [5.41, 5.74) is 3.71. The van der Waals surface area contributed by atoms with Crippen LogP contribution in [-0.4, -0.2) is 0 Å². The van der Waals surface area contributed by atoms with Gasteiger partial charge in [0.15, 0.2) is 0 Å². The van der Waals surface area contributed by atoms with Crippen molar-refractivity contribution in [1.29, 1.82) is 0 Å². The van der Waals surface area contributed by atoms with E-state index in [4.69, 9.17) is 0 Å². The van der Waals surface area contributed by atoms with E-state index in [1.807, 2.05) is 12.1 Å². The maximum absolute atomic E-state index is 3.14. The molecule has 0 saturated carbocycles. The average Bonchev–Trinajstić information content (AvgIpc) is 2.19. The molecule has 0 fully saturated rings. The van der Waals surface area contributed by atoms with Crippen LogP contribution >= 0.6 is 0 Å². The van der Waals surface area contributed by atoms with Crippen molar-refractivity contribution in [3.8, 4) is 11.1 Å². The van der Waals surface area contributed by atoms with Gasteiger partial charge in [-0.1, -0.05) is 37.3 Å². The molecule has 0 amide bonds. The Bertz CT molecular complexity index is 393. The second kappa shape index (κ2) is 5.09. The predicted molar refractivity (Wildman–Crippen MR) is 55.5 cm³/mol. The van der Waals surface area contributed by atoms with E-state index in [2.05, 4.69) is 49.4 Å². The summed E-state index contributed by atoms with van der Waals surface area (Å²) < 4.78 is 0. The molecular weight excluding hydrogens is 348 g/mol. The number of benzene rings is 2. The zero-order chi connectivity index (χ0) is 9.10. The van der Waals surface area contributed by atoms with Crippen molar-refractivity contribution in [2.75, 3.05) is 0 Å². The Hall–Kier alpha value is -0.911. The van der Waals surface area contributed by atoms with Crippen LogP contribution in [0.2, 0.25) is 0 Å². The number of hydrogen-bond acceptors (Lipinski definition) is 0. The van der Waals surface area contributed by atoms with E-state index in [0.29, 0.717) is 0 Å². The first-order valence-electron chi connectivity index (χ1n) is 4.40. The van der Waals surface area contributed by atoms with Crippen LogP contribution in [0.1, 0.15) is 5.56 Å². The Kier molecular flexibility index (Phi) is 4.06. The van der Waals surface area contributed by atoms with E-state index < -0.39 is 0 Å². The second-order valence-corrected chi connectivity index (χ2v) is 3.13. The summed E-state index contributed by atoms with van der Waals surface area (Å²) in [4.78, 5) is 0. The molecule has 73 valence electrons. The van der Waals surface area contributed by atoms with Crippen LogP contribution < -0.4 is 0 Å². The third kappa shape index (κ3) is 2.54. The molecular formula is C13H11Ir-. The SMILES string of the molecule is Cc1[c-]ccc(-c2ccccc2)c1.[Ir].